The van der Waals surface area contributed by atoms with Crippen LogP contribution < -0.4 is 10.1 Å². The number of carbonyl (C=O) groups excluding carboxylic acids is 2. The Labute approximate surface area is 175 Å². The zero-order valence-corrected chi connectivity index (χ0v) is 17.9. The molecule has 0 aliphatic carbocycles. The third-order valence-electron chi connectivity index (χ3n) is 5.18. The Hall–Kier alpha value is -3.01. The van der Waals surface area contributed by atoms with Gasteiger partial charge in [0.05, 0.1) is 25.0 Å². The predicted molar refractivity (Wildman–Crippen MR) is 108 cm³/mol. The van der Waals surface area contributed by atoms with Gasteiger partial charge in [0.2, 0.25) is 17.7 Å². The number of amides is 2. The molecule has 3 atom stereocenters. The van der Waals surface area contributed by atoms with Crippen LogP contribution in [-0.4, -0.2) is 74.6 Å². The van der Waals surface area contributed by atoms with Gasteiger partial charge in [-0.1, -0.05) is 26.0 Å². The summed E-state index contributed by atoms with van der Waals surface area (Å²) in [6, 6.07) is 2.14. The van der Waals surface area contributed by atoms with Gasteiger partial charge in [0.1, 0.15) is 17.8 Å². The third kappa shape index (κ3) is 4.13. The maximum atomic E-state index is 13.5. The molecule has 10 nitrogen and oxygen atoms in total. The number of nitrogens with zero attached hydrogens (tertiary/aromatic N) is 5. The molecule has 0 aromatic carbocycles. The summed E-state index contributed by atoms with van der Waals surface area (Å²) in [6.07, 6.45) is 2.75. The fraction of sp³-hybridized carbons (Fsp3) is 0.550. The summed E-state index contributed by atoms with van der Waals surface area (Å²) >= 11 is 0. The molecule has 2 aromatic heterocycles. The molecule has 3 heterocycles. The molecule has 0 saturated carbocycles. The summed E-state index contributed by atoms with van der Waals surface area (Å²) in [5, 5.41) is 21.1. The van der Waals surface area contributed by atoms with Gasteiger partial charge in [-0.05, 0) is 17.5 Å². The lowest BCUT2D eigenvalue weighted by molar-refractivity contribution is -0.144. The molecule has 3 rings (SSSR count). The van der Waals surface area contributed by atoms with Crippen LogP contribution in [0.15, 0.2) is 24.5 Å². The molecule has 1 saturated heterocycles. The zero-order chi connectivity index (χ0) is 22.1. The highest BCUT2D eigenvalue weighted by Gasteiger charge is 2.45. The molecular formula is C20H28N6O4. The van der Waals surface area contributed by atoms with E-state index in [1.54, 1.807) is 18.5 Å². The number of ether oxygens (including phenoxy) is 1. The molecule has 0 bridgehead atoms. The van der Waals surface area contributed by atoms with E-state index in [1.165, 1.54) is 23.7 Å². The minimum absolute atomic E-state index is 0.0987. The van der Waals surface area contributed by atoms with E-state index in [-0.39, 0.29) is 24.8 Å². The van der Waals surface area contributed by atoms with Crippen molar-refractivity contribution in [3.8, 4) is 17.1 Å². The number of nitrogens with one attached hydrogen (secondary N) is 1. The number of likely N-dealkylation sites (tertiary alicyclic amines) is 1. The van der Waals surface area contributed by atoms with Gasteiger partial charge in [0, 0.05) is 26.2 Å². The minimum Gasteiger partial charge on any atom is -0.481 e. The molecule has 10 heteroatoms. The third-order valence-corrected chi connectivity index (χ3v) is 5.18. The molecular weight excluding hydrogens is 388 g/mol. The molecule has 0 radical (unpaired) electrons. The highest BCUT2D eigenvalue weighted by molar-refractivity contribution is 5.90. The maximum Gasteiger partial charge on any atom is 0.248 e. The van der Waals surface area contributed by atoms with Crippen molar-refractivity contribution in [2.45, 2.75) is 45.4 Å². The van der Waals surface area contributed by atoms with Crippen molar-refractivity contribution in [3.05, 3.63) is 24.5 Å². The molecule has 2 N–H and O–H groups in total. The van der Waals surface area contributed by atoms with Gasteiger partial charge < -0.3 is 20.1 Å². The van der Waals surface area contributed by atoms with Crippen molar-refractivity contribution in [1.29, 1.82) is 0 Å². The average molecular weight is 416 g/mol. The van der Waals surface area contributed by atoms with Crippen LogP contribution in [0.1, 0.15) is 33.2 Å². The summed E-state index contributed by atoms with van der Waals surface area (Å²) in [5.74, 6) is -0.181. The SMILES string of the molecule is CNC(=O)C1CC(O)CN1C(=O)[C@@H](n1cc(-c2cccnc2OC)nn1)C(C)(C)C. The molecule has 1 aliphatic heterocycles. The van der Waals surface area contributed by atoms with Crippen LogP contribution in [0.25, 0.3) is 11.3 Å². The number of aromatic nitrogens is 4. The number of aliphatic hydroxyl groups excluding tert-OH is 1. The monoisotopic (exact) mass is 416 g/mol. The van der Waals surface area contributed by atoms with E-state index in [0.717, 1.165) is 0 Å². The number of hydrogen-bond acceptors (Lipinski definition) is 7. The summed E-state index contributed by atoms with van der Waals surface area (Å²) in [4.78, 5) is 31.4. The van der Waals surface area contributed by atoms with E-state index < -0.39 is 23.6 Å². The van der Waals surface area contributed by atoms with E-state index in [0.29, 0.717) is 17.1 Å². The van der Waals surface area contributed by atoms with Crippen molar-refractivity contribution in [2.24, 2.45) is 5.41 Å². The first kappa shape index (κ1) is 21.7. The number of aliphatic hydroxyl groups is 1. The van der Waals surface area contributed by atoms with Crippen LogP contribution in [0.2, 0.25) is 0 Å². The molecule has 30 heavy (non-hydrogen) atoms. The Balaban J connectivity index is 1.97. The van der Waals surface area contributed by atoms with E-state index >= 15 is 0 Å². The first-order chi connectivity index (χ1) is 14.2. The number of hydrogen-bond donors (Lipinski definition) is 2. The maximum absolute atomic E-state index is 13.5. The van der Waals surface area contributed by atoms with Crippen molar-refractivity contribution in [2.75, 3.05) is 20.7 Å². The molecule has 1 aliphatic rings. The second kappa shape index (κ2) is 8.39. The molecule has 2 amide bonds. The van der Waals surface area contributed by atoms with Gasteiger partial charge in [-0.25, -0.2) is 9.67 Å². The van der Waals surface area contributed by atoms with Crippen LogP contribution in [0.3, 0.4) is 0 Å². The van der Waals surface area contributed by atoms with Crippen LogP contribution >= 0.6 is 0 Å². The Morgan fingerprint density at radius 3 is 2.73 bits per heavy atom. The fourth-order valence-electron chi connectivity index (χ4n) is 3.78. The van der Waals surface area contributed by atoms with Gasteiger partial charge in [-0.3, -0.25) is 9.59 Å². The van der Waals surface area contributed by atoms with Crippen LogP contribution in [-0.2, 0) is 9.59 Å². The number of β-amino-alcohol motifs (C(OH)–C–C–N with tert-alkyl or cyclic N) is 1. The normalized spacial score (nSPS) is 20.1. The molecule has 1 fully saturated rings. The Kier molecular flexibility index (Phi) is 6.06. The second-order valence-corrected chi connectivity index (χ2v) is 8.42. The lowest BCUT2D eigenvalue weighted by atomic mass is 9.85. The van der Waals surface area contributed by atoms with E-state index in [2.05, 4.69) is 20.6 Å². The van der Waals surface area contributed by atoms with Crippen molar-refractivity contribution < 1.29 is 19.4 Å². The molecule has 162 valence electrons. The van der Waals surface area contributed by atoms with Crippen molar-refractivity contribution in [3.63, 3.8) is 0 Å². The quantitative estimate of drug-likeness (QED) is 0.733. The van der Waals surface area contributed by atoms with Crippen LogP contribution in [0, 0.1) is 5.41 Å². The lowest BCUT2D eigenvalue weighted by Gasteiger charge is -2.34. The van der Waals surface area contributed by atoms with Crippen LogP contribution in [0.5, 0.6) is 5.88 Å². The zero-order valence-electron chi connectivity index (χ0n) is 17.9. The average Bonchev–Trinajstić information content (AvgIpc) is 3.33. The minimum atomic E-state index is -0.747. The van der Waals surface area contributed by atoms with E-state index in [1.807, 2.05) is 26.8 Å². The number of methoxy groups -OCH3 is 1. The molecule has 0 spiro atoms. The van der Waals surface area contributed by atoms with Gasteiger partial charge in [-0.2, -0.15) is 0 Å². The number of pyridine rings is 1. The highest BCUT2D eigenvalue weighted by Crippen LogP contribution is 2.35. The van der Waals surface area contributed by atoms with E-state index in [9.17, 15) is 14.7 Å². The summed E-state index contributed by atoms with van der Waals surface area (Å²) in [5.41, 5.74) is 0.652. The van der Waals surface area contributed by atoms with Crippen molar-refractivity contribution in [1.82, 2.24) is 30.2 Å². The van der Waals surface area contributed by atoms with Crippen molar-refractivity contribution >= 4 is 11.8 Å². The number of likely N-dealkylation sites (N-methyl/N-ethyl adjacent to an activating group) is 1. The Morgan fingerprint density at radius 2 is 2.10 bits per heavy atom. The Morgan fingerprint density at radius 1 is 1.37 bits per heavy atom. The predicted octanol–water partition coefficient (Wildman–Crippen LogP) is 0.644. The van der Waals surface area contributed by atoms with E-state index in [4.69, 9.17) is 4.74 Å². The van der Waals surface area contributed by atoms with Crippen LogP contribution in [0.4, 0.5) is 0 Å². The smallest absolute Gasteiger partial charge is 0.248 e. The van der Waals surface area contributed by atoms with Gasteiger partial charge >= 0.3 is 0 Å². The summed E-state index contributed by atoms with van der Waals surface area (Å²) < 4.78 is 6.80. The topological polar surface area (TPSA) is 122 Å². The highest BCUT2D eigenvalue weighted by atomic mass is 16.5. The Bertz CT molecular complexity index is 922. The second-order valence-electron chi connectivity index (χ2n) is 8.42. The van der Waals surface area contributed by atoms with Gasteiger partial charge in [0.25, 0.3) is 0 Å². The number of carbonyl (C=O) groups is 2. The molecule has 2 unspecified atom stereocenters. The first-order valence-corrected chi connectivity index (χ1v) is 9.78. The number of rotatable bonds is 5. The fourth-order valence-corrected chi connectivity index (χ4v) is 3.78. The summed E-state index contributed by atoms with van der Waals surface area (Å²) in [7, 11) is 3.04. The van der Waals surface area contributed by atoms with Gasteiger partial charge in [-0.15, -0.1) is 5.10 Å². The van der Waals surface area contributed by atoms with Gasteiger partial charge in [0.15, 0.2) is 0 Å². The molecule has 2 aromatic rings. The summed E-state index contributed by atoms with van der Waals surface area (Å²) in [6.45, 7) is 5.86. The lowest BCUT2D eigenvalue weighted by Crippen LogP contribution is -2.49. The standard InChI is InChI=1S/C20H28N6O4/c1-20(2,3)16(19(29)25-10-12(27)9-15(25)17(28)21-4)26-11-14(23-24-26)13-7-6-8-22-18(13)30-5/h6-8,11-12,15-16,27H,9-10H2,1-5H3,(H,21,28)/t12?,15?,16-/m1/s1. The largest absolute Gasteiger partial charge is 0.481 e. The first-order valence-electron chi connectivity index (χ1n) is 9.78.